The zero-order valence-corrected chi connectivity index (χ0v) is 13.9. The van der Waals surface area contributed by atoms with Crippen LogP contribution in [0, 0.1) is 0 Å². The van der Waals surface area contributed by atoms with Crippen molar-refractivity contribution in [2.75, 3.05) is 38.6 Å². The average molecular weight is 344 g/mol. The van der Waals surface area contributed by atoms with Gasteiger partial charge in [-0.2, -0.15) is 13.2 Å². The number of nitrogens with zero attached hydrogens (tertiary/aromatic N) is 2. The summed E-state index contributed by atoms with van der Waals surface area (Å²) in [6.45, 7) is 0.00894. The second-order valence-corrected chi connectivity index (χ2v) is 6.23. The molecule has 1 aliphatic rings. The molecule has 1 aliphatic heterocycles. The predicted molar refractivity (Wildman–Crippen MR) is 87.0 cm³/mol. The van der Waals surface area contributed by atoms with E-state index in [-0.39, 0.29) is 18.6 Å². The number of carbonyl (C=O) groups excluding carboxylic acids is 1. The summed E-state index contributed by atoms with van der Waals surface area (Å²) in [7, 11) is 3.87. The molecule has 0 bridgehead atoms. The maximum Gasteiger partial charge on any atom is 0.401 e. The number of urea groups is 1. The third kappa shape index (κ3) is 5.92. The number of alkyl halides is 3. The van der Waals surface area contributed by atoms with Crippen LogP contribution in [0.1, 0.15) is 12.0 Å². The number of anilines is 1. The SMILES string of the molecule is CN(C)c1cccc(CNC(=O)N[C@@H]2CCN(CC(F)(F)F)C2)c1. The van der Waals surface area contributed by atoms with Gasteiger partial charge in [-0.1, -0.05) is 12.1 Å². The number of halogens is 3. The summed E-state index contributed by atoms with van der Waals surface area (Å²) >= 11 is 0. The summed E-state index contributed by atoms with van der Waals surface area (Å²) in [4.78, 5) is 15.2. The fourth-order valence-corrected chi connectivity index (χ4v) is 2.71. The summed E-state index contributed by atoms with van der Waals surface area (Å²) in [5.41, 5.74) is 2.00. The number of benzene rings is 1. The lowest BCUT2D eigenvalue weighted by atomic mass is 10.2. The van der Waals surface area contributed by atoms with Crippen molar-refractivity contribution in [2.24, 2.45) is 0 Å². The topological polar surface area (TPSA) is 47.6 Å². The van der Waals surface area contributed by atoms with E-state index < -0.39 is 12.7 Å². The molecule has 5 nitrogen and oxygen atoms in total. The Hall–Kier alpha value is -1.96. The summed E-state index contributed by atoms with van der Waals surface area (Å²) in [6.07, 6.45) is -3.67. The van der Waals surface area contributed by atoms with Crippen molar-refractivity contribution in [3.63, 3.8) is 0 Å². The summed E-state index contributed by atoms with van der Waals surface area (Å²) < 4.78 is 37.1. The van der Waals surface area contributed by atoms with Crippen LogP contribution in [0.3, 0.4) is 0 Å². The lowest BCUT2D eigenvalue weighted by Crippen LogP contribution is -2.43. The Morgan fingerprint density at radius 1 is 1.38 bits per heavy atom. The van der Waals surface area contributed by atoms with Gasteiger partial charge in [0.1, 0.15) is 0 Å². The van der Waals surface area contributed by atoms with Gasteiger partial charge in [0.15, 0.2) is 0 Å². The Kier molecular flexibility index (Phi) is 5.93. The molecule has 0 unspecified atom stereocenters. The van der Waals surface area contributed by atoms with E-state index >= 15 is 0 Å². The first-order valence-electron chi connectivity index (χ1n) is 7.82. The highest BCUT2D eigenvalue weighted by molar-refractivity contribution is 5.74. The van der Waals surface area contributed by atoms with Gasteiger partial charge in [-0.05, 0) is 24.1 Å². The van der Waals surface area contributed by atoms with Crippen LogP contribution >= 0.6 is 0 Å². The maximum atomic E-state index is 12.4. The summed E-state index contributed by atoms with van der Waals surface area (Å²) in [6, 6.07) is 7.16. The smallest absolute Gasteiger partial charge is 0.378 e. The third-order valence-electron chi connectivity index (χ3n) is 3.89. The largest absolute Gasteiger partial charge is 0.401 e. The van der Waals surface area contributed by atoms with Gasteiger partial charge in [-0.25, -0.2) is 4.79 Å². The zero-order valence-electron chi connectivity index (χ0n) is 13.9. The van der Waals surface area contributed by atoms with Gasteiger partial charge in [0.25, 0.3) is 0 Å². The van der Waals surface area contributed by atoms with Crippen molar-refractivity contribution in [1.82, 2.24) is 15.5 Å². The second kappa shape index (κ2) is 7.74. The molecule has 1 atom stereocenters. The fraction of sp³-hybridized carbons (Fsp3) is 0.562. The van der Waals surface area contributed by atoms with Crippen molar-refractivity contribution >= 4 is 11.7 Å². The first-order valence-corrected chi connectivity index (χ1v) is 7.82. The van der Waals surface area contributed by atoms with Crippen LogP contribution in [0.2, 0.25) is 0 Å². The molecular formula is C16H23F3N4O. The molecule has 0 saturated carbocycles. The lowest BCUT2D eigenvalue weighted by Gasteiger charge is -2.18. The van der Waals surface area contributed by atoms with Crippen LogP contribution < -0.4 is 15.5 Å². The molecule has 1 heterocycles. The van der Waals surface area contributed by atoms with Gasteiger partial charge in [0.05, 0.1) is 6.54 Å². The quantitative estimate of drug-likeness (QED) is 0.861. The highest BCUT2D eigenvalue weighted by atomic mass is 19.4. The van der Waals surface area contributed by atoms with Crippen LogP contribution in [-0.2, 0) is 6.54 Å². The highest BCUT2D eigenvalue weighted by Crippen LogP contribution is 2.20. The molecule has 24 heavy (non-hydrogen) atoms. The number of nitrogens with one attached hydrogen (secondary N) is 2. The number of amides is 2. The summed E-state index contributed by atoms with van der Waals surface area (Å²) in [5.74, 6) is 0. The van der Waals surface area contributed by atoms with E-state index in [1.165, 1.54) is 4.90 Å². The van der Waals surface area contributed by atoms with Gasteiger partial charge in [0, 0.05) is 45.5 Å². The fourth-order valence-electron chi connectivity index (χ4n) is 2.71. The zero-order chi connectivity index (χ0) is 17.7. The number of likely N-dealkylation sites (tertiary alicyclic amines) is 1. The Morgan fingerprint density at radius 3 is 2.79 bits per heavy atom. The number of carbonyl (C=O) groups is 1. The number of rotatable bonds is 5. The Bertz CT molecular complexity index is 562. The van der Waals surface area contributed by atoms with Gasteiger partial charge in [-0.15, -0.1) is 0 Å². The van der Waals surface area contributed by atoms with E-state index in [1.54, 1.807) is 0 Å². The van der Waals surface area contributed by atoms with Crippen molar-refractivity contribution in [3.8, 4) is 0 Å². The van der Waals surface area contributed by atoms with E-state index in [0.717, 1.165) is 11.3 Å². The van der Waals surface area contributed by atoms with Crippen molar-refractivity contribution in [2.45, 2.75) is 25.2 Å². The maximum absolute atomic E-state index is 12.4. The molecule has 0 spiro atoms. The van der Waals surface area contributed by atoms with Crippen molar-refractivity contribution < 1.29 is 18.0 Å². The normalized spacial score (nSPS) is 18.5. The van der Waals surface area contributed by atoms with Crippen molar-refractivity contribution in [3.05, 3.63) is 29.8 Å². The van der Waals surface area contributed by atoms with Crippen LogP contribution in [-0.4, -0.2) is 56.9 Å². The minimum absolute atomic E-state index is 0.225. The third-order valence-corrected chi connectivity index (χ3v) is 3.89. The molecule has 1 saturated heterocycles. The van der Waals surface area contributed by atoms with Gasteiger partial charge in [-0.3, -0.25) is 4.90 Å². The van der Waals surface area contributed by atoms with Gasteiger partial charge < -0.3 is 15.5 Å². The minimum atomic E-state index is -4.20. The van der Waals surface area contributed by atoms with Crippen LogP contribution in [0.25, 0.3) is 0 Å². The number of hydrogen-bond acceptors (Lipinski definition) is 3. The molecule has 2 rings (SSSR count). The molecule has 8 heteroatoms. The molecule has 1 aromatic carbocycles. The molecule has 0 aliphatic carbocycles. The Morgan fingerprint density at radius 2 is 2.12 bits per heavy atom. The van der Waals surface area contributed by atoms with E-state index in [4.69, 9.17) is 0 Å². The van der Waals surface area contributed by atoms with E-state index in [2.05, 4.69) is 10.6 Å². The van der Waals surface area contributed by atoms with Gasteiger partial charge in [0.2, 0.25) is 0 Å². The molecule has 1 aromatic rings. The van der Waals surface area contributed by atoms with E-state index in [0.29, 0.717) is 19.5 Å². The summed E-state index contributed by atoms with van der Waals surface area (Å²) in [5, 5.41) is 5.48. The molecule has 1 fully saturated rings. The van der Waals surface area contributed by atoms with E-state index in [1.807, 2.05) is 43.3 Å². The first-order chi connectivity index (χ1) is 11.2. The standard InChI is InChI=1S/C16H23F3N4O/c1-22(2)14-5-3-4-12(8-14)9-20-15(24)21-13-6-7-23(10-13)11-16(17,18)19/h3-5,8,13H,6-7,9-11H2,1-2H3,(H2,20,21,24)/t13-/m1/s1. The predicted octanol–water partition coefficient (Wildman–Crippen LogP) is 2.19. The molecular weight excluding hydrogens is 321 g/mol. The molecule has 134 valence electrons. The van der Waals surface area contributed by atoms with Crippen LogP contribution in [0.15, 0.2) is 24.3 Å². The average Bonchev–Trinajstić information content (AvgIpc) is 2.90. The van der Waals surface area contributed by atoms with Crippen molar-refractivity contribution in [1.29, 1.82) is 0 Å². The highest BCUT2D eigenvalue weighted by Gasteiger charge is 2.34. The molecule has 0 radical (unpaired) electrons. The lowest BCUT2D eigenvalue weighted by molar-refractivity contribution is -0.143. The molecule has 2 N–H and O–H groups in total. The Balaban J connectivity index is 1.75. The second-order valence-electron chi connectivity index (χ2n) is 6.23. The molecule has 0 aromatic heterocycles. The van der Waals surface area contributed by atoms with Crippen LogP contribution in [0.5, 0.6) is 0 Å². The molecule has 2 amide bonds. The van der Waals surface area contributed by atoms with E-state index in [9.17, 15) is 18.0 Å². The van der Waals surface area contributed by atoms with Crippen LogP contribution in [0.4, 0.5) is 23.7 Å². The minimum Gasteiger partial charge on any atom is -0.378 e. The first kappa shape index (κ1) is 18.4. The van der Waals surface area contributed by atoms with Gasteiger partial charge >= 0.3 is 12.2 Å². The monoisotopic (exact) mass is 344 g/mol. The Labute approximate surface area is 139 Å². The number of hydrogen-bond donors (Lipinski definition) is 2.